The largest absolute Gasteiger partial charge is 0.469 e. The molecule has 0 bridgehead atoms. The van der Waals surface area contributed by atoms with Crippen LogP contribution in [-0.2, 0) is 9.53 Å². The Morgan fingerprint density at radius 3 is 2.59 bits per heavy atom. The van der Waals surface area contributed by atoms with Gasteiger partial charge in [0.15, 0.2) is 0 Å². The number of methoxy groups -OCH3 is 1. The molecule has 17 heavy (non-hydrogen) atoms. The van der Waals surface area contributed by atoms with Gasteiger partial charge in [-0.2, -0.15) is 0 Å². The summed E-state index contributed by atoms with van der Waals surface area (Å²) in [5.41, 5.74) is 2.10. The first kappa shape index (κ1) is 12.1. The lowest BCUT2D eigenvalue weighted by Gasteiger charge is -2.15. The van der Waals surface area contributed by atoms with Crippen LogP contribution in [0, 0.1) is 5.92 Å². The van der Waals surface area contributed by atoms with Crippen molar-refractivity contribution < 1.29 is 14.6 Å². The van der Waals surface area contributed by atoms with Crippen molar-refractivity contribution in [2.75, 3.05) is 7.11 Å². The van der Waals surface area contributed by atoms with Crippen LogP contribution < -0.4 is 0 Å². The van der Waals surface area contributed by atoms with Crippen LogP contribution in [0.3, 0.4) is 0 Å². The number of rotatable bonds is 1. The van der Waals surface area contributed by atoms with Gasteiger partial charge in [0.05, 0.1) is 19.1 Å². The van der Waals surface area contributed by atoms with Crippen molar-refractivity contribution in [2.24, 2.45) is 5.92 Å². The van der Waals surface area contributed by atoms with E-state index in [-0.39, 0.29) is 17.8 Å². The number of carbonyl (C=O) groups excluding carboxylic acids is 1. The summed E-state index contributed by atoms with van der Waals surface area (Å²) in [5, 5.41) is 10.2. The van der Waals surface area contributed by atoms with Crippen molar-refractivity contribution in [3.63, 3.8) is 0 Å². The highest BCUT2D eigenvalue weighted by Gasteiger charge is 2.31. The van der Waals surface area contributed by atoms with Crippen LogP contribution in [0.4, 0.5) is 0 Å². The Hall–Kier alpha value is -1.35. The molecule has 3 atom stereocenters. The van der Waals surface area contributed by atoms with Crippen molar-refractivity contribution in [2.45, 2.75) is 31.8 Å². The minimum Gasteiger partial charge on any atom is -0.469 e. The van der Waals surface area contributed by atoms with Gasteiger partial charge in [-0.25, -0.2) is 0 Å². The van der Waals surface area contributed by atoms with E-state index >= 15 is 0 Å². The van der Waals surface area contributed by atoms with E-state index in [9.17, 15) is 9.90 Å². The lowest BCUT2D eigenvalue weighted by atomic mass is 9.91. The number of esters is 1. The molecule has 92 valence electrons. The topological polar surface area (TPSA) is 46.5 Å². The first-order chi connectivity index (χ1) is 8.13. The smallest absolute Gasteiger partial charge is 0.308 e. The number of aliphatic hydroxyl groups is 1. The second-order valence-corrected chi connectivity index (χ2v) is 4.74. The van der Waals surface area contributed by atoms with Gasteiger partial charge in [-0.3, -0.25) is 4.79 Å². The first-order valence-electron chi connectivity index (χ1n) is 5.98. The number of aliphatic hydroxyl groups excluding tert-OH is 1. The molecule has 1 aromatic rings. The van der Waals surface area contributed by atoms with Gasteiger partial charge in [-0.05, 0) is 29.9 Å². The maximum absolute atomic E-state index is 11.6. The van der Waals surface area contributed by atoms with Gasteiger partial charge in [-0.1, -0.05) is 31.2 Å². The summed E-state index contributed by atoms with van der Waals surface area (Å²) in [6, 6.07) is 7.87. The molecular weight excluding hydrogens is 216 g/mol. The van der Waals surface area contributed by atoms with Gasteiger partial charge in [0, 0.05) is 0 Å². The highest BCUT2D eigenvalue weighted by atomic mass is 16.5. The molecule has 0 aromatic heterocycles. The van der Waals surface area contributed by atoms with Crippen molar-refractivity contribution >= 4 is 5.97 Å². The SMILES string of the molecule is COC(=O)C1CC(C)c2ccccc2C(O)C1. The Bertz CT molecular complexity index is 383. The molecule has 2 rings (SSSR count). The third-order valence-electron chi connectivity index (χ3n) is 3.57. The number of hydrogen-bond donors (Lipinski definition) is 1. The zero-order valence-corrected chi connectivity index (χ0v) is 10.2. The Labute approximate surface area is 101 Å². The first-order valence-corrected chi connectivity index (χ1v) is 5.98. The second kappa shape index (κ2) is 4.88. The summed E-state index contributed by atoms with van der Waals surface area (Å²) in [4.78, 5) is 11.6. The fourth-order valence-electron chi connectivity index (χ4n) is 2.67. The molecule has 3 nitrogen and oxygen atoms in total. The average Bonchev–Trinajstić information content (AvgIpc) is 2.48. The monoisotopic (exact) mass is 234 g/mol. The zero-order valence-electron chi connectivity index (χ0n) is 10.2. The number of ether oxygens (including phenoxy) is 1. The number of benzene rings is 1. The molecule has 1 aliphatic rings. The molecular formula is C14H18O3. The molecule has 0 spiro atoms. The Morgan fingerprint density at radius 2 is 1.94 bits per heavy atom. The van der Waals surface area contributed by atoms with Gasteiger partial charge in [0.25, 0.3) is 0 Å². The predicted molar refractivity (Wildman–Crippen MR) is 64.6 cm³/mol. The van der Waals surface area contributed by atoms with E-state index in [0.29, 0.717) is 6.42 Å². The molecule has 0 saturated carbocycles. The molecule has 0 saturated heterocycles. The third-order valence-corrected chi connectivity index (χ3v) is 3.57. The molecule has 3 unspecified atom stereocenters. The Kier molecular flexibility index (Phi) is 3.48. The summed E-state index contributed by atoms with van der Waals surface area (Å²) in [6.45, 7) is 2.09. The molecule has 0 fully saturated rings. The number of hydrogen-bond acceptors (Lipinski definition) is 3. The van der Waals surface area contributed by atoms with Crippen LogP contribution in [0.25, 0.3) is 0 Å². The van der Waals surface area contributed by atoms with Crippen LogP contribution in [0.5, 0.6) is 0 Å². The standard InChI is InChI=1S/C14H18O3/c1-9-7-10(14(16)17-2)8-13(15)12-6-4-3-5-11(9)12/h3-6,9-10,13,15H,7-8H2,1-2H3. The number of carbonyl (C=O) groups is 1. The average molecular weight is 234 g/mol. The van der Waals surface area contributed by atoms with Crippen LogP contribution in [0.15, 0.2) is 24.3 Å². The van der Waals surface area contributed by atoms with Crippen molar-refractivity contribution in [3.8, 4) is 0 Å². The van der Waals surface area contributed by atoms with Gasteiger partial charge in [-0.15, -0.1) is 0 Å². The van der Waals surface area contributed by atoms with Crippen molar-refractivity contribution in [1.29, 1.82) is 0 Å². The lowest BCUT2D eigenvalue weighted by Crippen LogP contribution is -2.18. The summed E-state index contributed by atoms with van der Waals surface area (Å²) in [6.07, 6.45) is 0.620. The summed E-state index contributed by atoms with van der Waals surface area (Å²) >= 11 is 0. The molecule has 1 aliphatic carbocycles. The minimum atomic E-state index is -0.569. The highest BCUT2D eigenvalue weighted by molar-refractivity contribution is 5.72. The van der Waals surface area contributed by atoms with Crippen LogP contribution in [-0.4, -0.2) is 18.2 Å². The van der Waals surface area contributed by atoms with E-state index in [4.69, 9.17) is 4.74 Å². The zero-order chi connectivity index (χ0) is 12.4. The minimum absolute atomic E-state index is 0.211. The summed E-state index contributed by atoms with van der Waals surface area (Å²) in [5.74, 6) is -0.159. The maximum Gasteiger partial charge on any atom is 0.308 e. The van der Waals surface area contributed by atoms with Gasteiger partial charge < -0.3 is 9.84 Å². The molecule has 3 heteroatoms. The van der Waals surface area contributed by atoms with Crippen molar-refractivity contribution in [3.05, 3.63) is 35.4 Å². The van der Waals surface area contributed by atoms with E-state index in [1.807, 2.05) is 24.3 Å². The normalized spacial score (nSPS) is 28.1. The van der Waals surface area contributed by atoms with Crippen LogP contribution >= 0.6 is 0 Å². The molecule has 1 N–H and O–H groups in total. The van der Waals surface area contributed by atoms with Gasteiger partial charge in [0.1, 0.15) is 0 Å². The van der Waals surface area contributed by atoms with E-state index in [0.717, 1.165) is 17.5 Å². The van der Waals surface area contributed by atoms with E-state index < -0.39 is 6.10 Å². The summed E-state index contributed by atoms with van der Waals surface area (Å²) in [7, 11) is 1.40. The molecule has 0 aliphatic heterocycles. The Morgan fingerprint density at radius 1 is 1.29 bits per heavy atom. The summed E-state index contributed by atoms with van der Waals surface area (Å²) < 4.78 is 4.79. The quantitative estimate of drug-likeness (QED) is 0.599. The van der Waals surface area contributed by atoms with E-state index in [2.05, 4.69) is 6.92 Å². The Balaban J connectivity index is 2.32. The molecule has 1 aromatic carbocycles. The fourth-order valence-corrected chi connectivity index (χ4v) is 2.67. The van der Waals surface area contributed by atoms with Crippen LogP contribution in [0.2, 0.25) is 0 Å². The van der Waals surface area contributed by atoms with E-state index in [1.54, 1.807) is 0 Å². The van der Waals surface area contributed by atoms with Gasteiger partial charge >= 0.3 is 5.97 Å². The van der Waals surface area contributed by atoms with Gasteiger partial charge in [0.2, 0.25) is 0 Å². The molecule has 0 heterocycles. The maximum atomic E-state index is 11.6. The number of fused-ring (bicyclic) bond motifs is 1. The predicted octanol–water partition coefficient (Wildman–Crippen LogP) is 2.41. The van der Waals surface area contributed by atoms with E-state index in [1.165, 1.54) is 7.11 Å². The highest BCUT2D eigenvalue weighted by Crippen LogP contribution is 2.38. The second-order valence-electron chi connectivity index (χ2n) is 4.74. The third kappa shape index (κ3) is 2.34. The van der Waals surface area contributed by atoms with Crippen LogP contribution in [0.1, 0.15) is 42.9 Å². The fraction of sp³-hybridized carbons (Fsp3) is 0.500. The molecule has 0 amide bonds. The lowest BCUT2D eigenvalue weighted by molar-refractivity contribution is -0.146. The molecule has 0 radical (unpaired) electrons. The van der Waals surface area contributed by atoms with Crippen molar-refractivity contribution in [1.82, 2.24) is 0 Å².